The third kappa shape index (κ3) is 5.16. The number of hydrogen-bond acceptors (Lipinski definition) is 7. The van der Waals surface area contributed by atoms with Gasteiger partial charge in [0, 0.05) is 41.5 Å². The van der Waals surface area contributed by atoms with Crippen LogP contribution >= 0.6 is 11.3 Å². The smallest absolute Gasteiger partial charge is 0.381 e. The topological polar surface area (TPSA) is 103 Å². The van der Waals surface area contributed by atoms with Crippen LogP contribution in [0, 0.1) is 0 Å². The quantitative estimate of drug-likeness (QED) is 0.309. The molecule has 0 aromatic carbocycles. The molecule has 3 heterocycles. The molecule has 0 spiro atoms. The molecule has 0 saturated heterocycles. The van der Waals surface area contributed by atoms with Crippen LogP contribution in [0.3, 0.4) is 0 Å². The van der Waals surface area contributed by atoms with Crippen molar-refractivity contribution in [2.24, 2.45) is 0 Å². The molecule has 0 fully saturated rings. The van der Waals surface area contributed by atoms with Crippen molar-refractivity contribution in [2.75, 3.05) is 6.54 Å². The summed E-state index contributed by atoms with van der Waals surface area (Å²) in [5.74, 6) is -4.16. The number of pyridine rings is 1. The lowest BCUT2D eigenvalue weighted by Gasteiger charge is -2.15. The van der Waals surface area contributed by atoms with Gasteiger partial charge in [-0.25, -0.2) is 9.59 Å². The van der Waals surface area contributed by atoms with Gasteiger partial charge in [0.05, 0.1) is 12.1 Å². The number of alkyl halides is 3. The van der Waals surface area contributed by atoms with Gasteiger partial charge in [-0.05, 0) is 42.3 Å². The fourth-order valence-corrected chi connectivity index (χ4v) is 4.44. The van der Waals surface area contributed by atoms with Crippen LogP contribution < -0.4 is 5.32 Å². The van der Waals surface area contributed by atoms with Crippen molar-refractivity contribution in [1.82, 2.24) is 20.1 Å². The van der Waals surface area contributed by atoms with Crippen LogP contribution in [-0.2, 0) is 40.1 Å². The number of carbonyl (C=O) groups is 3. The van der Waals surface area contributed by atoms with E-state index in [1.54, 1.807) is 18.5 Å². The van der Waals surface area contributed by atoms with Crippen molar-refractivity contribution in [1.29, 1.82) is 0 Å². The van der Waals surface area contributed by atoms with Gasteiger partial charge < -0.3 is 10.1 Å². The zero-order valence-corrected chi connectivity index (χ0v) is 18.5. The van der Waals surface area contributed by atoms with E-state index in [0.29, 0.717) is 30.5 Å². The Morgan fingerprint density at radius 3 is 2.76 bits per heavy atom. The van der Waals surface area contributed by atoms with E-state index in [1.165, 1.54) is 16.0 Å². The lowest BCUT2D eigenvalue weighted by Crippen LogP contribution is -2.30. The Morgan fingerprint density at radius 2 is 2.03 bits per heavy atom. The first-order valence-corrected chi connectivity index (χ1v) is 11.3. The number of thiophene rings is 1. The van der Waals surface area contributed by atoms with E-state index >= 15 is 0 Å². The van der Waals surface area contributed by atoms with Crippen molar-refractivity contribution >= 4 is 29.2 Å². The van der Waals surface area contributed by atoms with Crippen LogP contribution in [0.1, 0.15) is 32.9 Å². The summed E-state index contributed by atoms with van der Waals surface area (Å²) in [5, 5.41) is 9.09. The van der Waals surface area contributed by atoms with Crippen molar-refractivity contribution in [3.8, 4) is 11.3 Å². The molecule has 178 valence electrons. The second kappa shape index (κ2) is 9.75. The molecule has 1 N–H and O–H groups in total. The van der Waals surface area contributed by atoms with E-state index in [2.05, 4.69) is 20.1 Å². The van der Waals surface area contributed by atoms with Crippen LogP contribution in [0.5, 0.6) is 0 Å². The fourth-order valence-electron chi connectivity index (χ4n) is 3.74. The molecule has 34 heavy (non-hydrogen) atoms. The Bertz CT molecular complexity index is 1220. The predicted molar refractivity (Wildman–Crippen MR) is 115 cm³/mol. The second-order valence-corrected chi connectivity index (χ2v) is 8.60. The van der Waals surface area contributed by atoms with Crippen molar-refractivity contribution in [3.05, 3.63) is 57.7 Å². The van der Waals surface area contributed by atoms with Gasteiger partial charge in [-0.3, -0.25) is 14.5 Å². The average molecular weight is 492 g/mol. The highest BCUT2D eigenvalue weighted by molar-refractivity contribution is 7.10. The van der Waals surface area contributed by atoms with E-state index in [-0.39, 0.29) is 31.1 Å². The van der Waals surface area contributed by atoms with E-state index in [4.69, 9.17) is 0 Å². The molecule has 4 rings (SSSR count). The highest BCUT2D eigenvalue weighted by Crippen LogP contribution is 2.34. The summed E-state index contributed by atoms with van der Waals surface area (Å²) in [6.07, 6.45) is -0.633. The fraction of sp³-hybridized carbons (Fsp3) is 0.318. The van der Waals surface area contributed by atoms with Crippen molar-refractivity contribution in [3.63, 3.8) is 0 Å². The van der Waals surface area contributed by atoms with Gasteiger partial charge in [-0.1, -0.05) is 6.07 Å². The number of halogens is 3. The van der Waals surface area contributed by atoms with Gasteiger partial charge in [0.25, 0.3) is 0 Å². The van der Waals surface area contributed by atoms with Gasteiger partial charge in [0.2, 0.25) is 5.91 Å². The van der Waals surface area contributed by atoms with Crippen molar-refractivity contribution < 1.29 is 32.3 Å². The molecule has 0 atom stereocenters. The number of fused-ring (bicyclic) bond motifs is 3. The Morgan fingerprint density at radius 1 is 1.21 bits per heavy atom. The number of nitrogens with zero attached hydrogens (tertiary/aromatic N) is 3. The Kier molecular flexibility index (Phi) is 6.77. The van der Waals surface area contributed by atoms with Gasteiger partial charge in [0.15, 0.2) is 5.69 Å². The number of hydrogen-bond donors (Lipinski definition) is 1. The zero-order chi connectivity index (χ0) is 24.3. The van der Waals surface area contributed by atoms with Gasteiger partial charge >= 0.3 is 18.1 Å². The van der Waals surface area contributed by atoms with Crippen LogP contribution in [0.25, 0.3) is 11.3 Å². The summed E-state index contributed by atoms with van der Waals surface area (Å²) < 4.78 is 43.3. The standard InChI is InChI=1S/C22H19F3N4O4S/c23-22(24,25)21(32)33-20(31)19-16-5-4-13-12-26-8-6-15(13)18(16)28-29(19)9-2-7-27-17(30)11-14-3-1-10-34-14/h1,3,6,8,10,12H,2,4-5,7,9,11H2,(H,27,30). The maximum absolute atomic E-state index is 12.7. The molecular formula is C22H19F3N4O4S. The molecule has 0 radical (unpaired) electrons. The number of amides is 1. The molecule has 8 nitrogen and oxygen atoms in total. The number of aryl methyl sites for hydroxylation is 2. The first-order chi connectivity index (χ1) is 16.2. The van der Waals surface area contributed by atoms with Crippen LogP contribution in [0.4, 0.5) is 13.2 Å². The molecule has 0 bridgehead atoms. The summed E-state index contributed by atoms with van der Waals surface area (Å²) in [7, 11) is 0. The summed E-state index contributed by atoms with van der Waals surface area (Å²) in [6.45, 7) is 0.391. The van der Waals surface area contributed by atoms with Crippen LogP contribution in [-0.4, -0.2) is 45.3 Å². The highest BCUT2D eigenvalue weighted by atomic mass is 32.1. The third-order valence-corrected chi connectivity index (χ3v) is 6.12. The lowest BCUT2D eigenvalue weighted by molar-refractivity contribution is -0.193. The number of aromatic nitrogens is 3. The number of rotatable bonds is 7. The van der Waals surface area contributed by atoms with E-state index in [9.17, 15) is 27.6 Å². The SMILES string of the molecule is O=C(Cc1cccs1)NCCCn1nc2c(c1C(=O)OC(=O)C(F)(F)F)CCc1cnccc1-2. The Labute approximate surface area is 195 Å². The molecule has 1 aliphatic rings. The van der Waals surface area contributed by atoms with Crippen molar-refractivity contribution in [2.45, 2.75) is 38.4 Å². The summed E-state index contributed by atoms with van der Waals surface area (Å²) in [4.78, 5) is 40.9. The summed E-state index contributed by atoms with van der Waals surface area (Å²) in [5.41, 5.74) is 2.28. The predicted octanol–water partition coefficient (Wildman–Crippen LogP) is 3.10. The summed E-state index contributed by atoms with van der Waals surface area (Å²) >= 11 is 1.47. The minimum atomic E-state index is -5.30. The van der Waals surface area contributed by atoms with Gasteiger partial charge in [-0.2, -0.15) is 18.3 Å². The zero-order valence-electron chi connectivity index (χ0n) is 17.7. The largest absolute Gasteiger partial charge is 0.491 e. The normalized spacial score (nSPS) is 12.6. The minimum Gasteiger partial charge on any atom is -0.381 e. The number of nitrogens with one attached hydrogen (secondary N) is 1. The van der Waals surface area contributed by atoms with Gasteiger partial charge in [-0.15, -0.1) is 11.3 Å². The van der Waals surface area contributed by atoms with Crippen LogP contribution in [0.15, 0.2) is 36.0 Å². The first-order valence-electron chi connectivity index (χ1n) is 10.4. The minimum absolute atomic E-state index is 0.122. The molecule has 0 aliphatic heterocycles. The molecule has 1 amide bonds. The first kappa shape index (κ1) is 23.6. The number of esters is 2. The Hall–Kier alpha value is -3.54. The lowest BCUT2D eigenvalue weighted by atomic mass is 9.90. The van der Waals surface area contributed by atoms with E-state index in [0.717, 1.165) is 16.0 Å². The molecule has 1 aliphatic carbocycles. The van der Waals surface area contributed by atoms with E-state index in [1.807, 2.05) is 17.5 Å². The highest BCUT2D eigenvalue weighted by Gasteiger charge is 2.43. The molecule has 3 aromatic heterocycles. The van der Waals surface area contributed by atoms with E-state index < -0.39 is 18.1 Å². The molecule has 0 unspecified atom stereocenters. The van der Waals surface area contributed by atoms with Gasteiger partial charge in [0.1, 0.15) is 0 Å². The maximum atomic E-state index is 12.7. The Balaban J connectivity index is 1.51. The number of carbonyl (C=O) groups excluding carboxylic acids is 3. The monoisotopic (exact) mass is 492 g/mol. The molecule has 0 saturated carbocycles. The second-order valence-electron chi connectivity index (χ2n) is 7.57. The third-order valence-electron chi connectivity index (χ3n) is 5.25. The molecule has 12 heteroatoms. The maximum Gasteiger partial charge on any atom is 0.491 e. The average Bonchev–Trinajstić information content (AvgIpc) is 3.43. The number of ether oxygens (including phenoxy) is 1. The molecule has 3 aromatic rings. The summed E-state index contributed by atoms with van der Waals surface area (Å²) in [6, 6.07) is 5.42. The molecular weight excluding hydrogens is 473 g/mol. The van der Waals surface area contributed by atoms with Crippen LogP contribution in [0.2, 0.25) is 0 Å².